The van der Waals surface area contributed by atoms with E-state index in [2.05, 4.69) is 5.32 Å². The van der Waals surface area contributed by atoms with E-state index in [1.54, 1.807) is 0 Å². The fourth-order valence-corrected chi connectivity index (χ4v) is 1.37. The van der Waals surface area contributed by atoms with Gasteiger partial charge in [0.05, 0.1) is 10.6 Å². The molecule has 3 nitrogen and oxygen atoms in total. The Hall–Kier alpha value is -0.930. The van der Waals surface area contributed by atoms with E-state index >= 15 is 0 Å². The molecule has 0 saturated heterocycles. The third-order valence-corrected chi connectivity index (χ3v) is 2.01. The fourth-order valence-electron chi connectivity index (χ4n) is 0.874. The Morgan fingerprint density at radius 2 is 2.08 bits per heavy atom. The molecule has 0 atom stereocenters. The Morgan fingerprint density at radius 1 is 1.46 bits per heavy atom. The number of halogens is 2. The van der Waals surface area contributed by atoms with Gasteiger partial charge in [-0.25, -0.2) is 0 Å². The van der Waals surface area contributed by atoms with Gasteiger partial charge in [-0.1, -0.05) is 23.2 Å². The summed E-state index contributed by atoms with van der Waals surface area (Å²) in [6.07, 6.45) is 0. The second kappa shape index (κ2) is 3.85. The molecule has 0 aromatic heterocycles. The highest BCUT2D eigenvalue weighted by molar-refractivity contribution is 6.36. The van der Waals surface area contributed by atoms with Gasteiger partial charge in [-0.15, -0.1) is 0 Å². The predicted molar refractivity (Wildman–Crippen MR) is 51.5 cm³/mol. The minimum atomic E-state index is -0.429. The van der Waals surface area contributed by atoms with Gasteiger partial charge < -0.3 is 10.4 Å². The minimum absolute atomic E-state index is 0.0612. The Bertz CT molecular complexity index is 352. The zero-order chi connectivity index (χ0) is 10.0. The number of hydrogen-bond donors (Lipinski definition) is 2. The first-order chi connectivity index (χ1) is 6.06. The lowest BCUT2D eigenvalue weighted by Gasteiger charge is -2.04. The monoisotopic (exact) mass is 219 g/mol. The summed E-state index contributed by atoms with van der Waals surface area (Å²) in [7, 11) is 1.45. The van der Waals surface area contributed by atoms with Crippen LogP contribution in [0.25, 0.3) is 0 Å². The summed E-state index contributed by atoms with van der Waals surface area (Å²) in [5.41, 5.74) is 0.0694. The van der Waals surface area contributed by atoms with Gasteiger partial charge in [0.2, 0.25) is 0 Å². The van der Waals surface area contributed by atoms with E-state index < -0.39 is 5.91 Å². The van der Waals surface area contributed by atoms with Crippen molar-refractivity contribution in [2.45, 2.75) is 0 Å². The van der Waals surface area contributed by atoms with Gasteiger partial charge in [-0.2, -0.15) is 0 Å². The lowest BCUT2D eigenvalue weighted by Crippen LogP contribution is -2.17. The van der Waals surface area contributed by atoms with Crippen molar-refractivity contribution in [1.29, 1.82) is 0 Å². The van der Waals surface area contributed by atoms with Crippen LogP contribution < -0.4 is 5.32 Å². The van der Waals surface area contributed by atoms with Crippen molar-refractivity contribution in [3.05, 3.63) is 27.7 Å². The van der Waals surface area contributed by atoms with Crippen LogP contribution in [0.4, 0.5) is 0 Å². The van der Waals surface area contributed by atoms with Gasteiger partial charge in [0.25, 0.3) is 5.91 Å². The second-order valence-electron chi connectivity index (χ2n) is 2.36. The number of benzene rings is 1. The molecule has 5 heteroatoms. The molecule has 13 heavy (non-hydrogen) atoms. The van der Waals surface area contributed by atoms with Crippen LogP contribution in [0, 0.1) is 0 Å². The zero-order valence-electron chi connectivity index (χ0n) is 6.77. The van der Waals surface area contributed by atoms with Crippen LogP contribution in [-0.2, 0) is 0 Å². The van der Waals surface area contributed by atoms with E-state index in [1.165, 1.54) is 19.2 Å². The van der Waals surface area contributed by atoms with Gasteiger partial charge in [0.1, 0.15) is 5.75 Å². The molecule has 1 rings (SSSR count). The van der Waals surface area contributed by atoms with Crippen molar-refractivity contribution in [2.75, 3.05) is 7.05 Å². The number of hydrogen-bond acceptors (Lipinski definition) is 2. The van der Waals surface area contributed by atoms with Crippen molar-refractivity contribution in [2.24, 2.45) is 0 Å². The van der Waals surface area contributed by atoms with Gasteiger partial charge in [0, 0.05) is 12.1 Å². The van der Waals surface area contributed by atoms with E-state index in [1.807, 2.05) is 0 Å². The van der Waals surface area contributed by atoms with Crippen LogP contribution in [0.3, 0.4) is 0 Å². The first-order valence-electron chi connectivity index (χ1n) is 3.46. The molecule has 0 saturated carbocycles. The molecule has 0 aliphatic carbocycles. The lowest BCUT2D eigenvalue weighted by atomic mass is 10.2. The van der Waals surface area contributed by atoms with Crippen molar-refractivity contribution in [1.82, 2.24) is 5.32 Å². The van der Waals surface area contributed by atoms with E-state index in [4.69, 9.17) is 23.2 Å². The molecule has 0 aliphatic rings. The maximum absolute atomic E-state index is 11.2. The van der Waals surface area contributed by atoms with Crippen LogP contribution >= 0.6 is 23.2 Å². The summed E-state index contributed by atoms with van der Waals surface area (Å²) in [5.74, 6) is -0.688. The Labute approximate surface area is 85.3 Å². The molecule has 70 valence electrons. The van der Waals surface area contributed by atoms with Gasteiger partial charge in [0.15, 0.2) is 0 Å². The molecular weight excluding hydrogens is 213 g/mol. The molecule has 1 aromatic carbocycles. The minimum Gasteiger partial charge on any atom is -0.506 e. The van der Waals surface area contributed by atoms with Crippen molar-refractivity contribution >= 4 is 29.1 Å². The molecule has 0 fully saturated rings. The molecule has 1 amide bonds. The molecule has 1 aromatic rings. The van der Waals surface area contributed by atoms with E-state index in [-0.39, 0.29) is 16.3 Å². The average molecular weight is 220 g/mol. The SMILES string of the molecule is CNC(=O)c1cc(Cl)cc(Cl)c1O. The van der Waals surface area contributed by atoms with E-state index in [0.29, 0.717) is 5.02 Å². The number of phenolic OH excluding ortho intramolecular Hbond substituents is 1. The summed E-state index contributed by atoms with van der Waals surface area (Å²) < 4.78 is 0. The molecule has 0 bridgehead atoms. The van der Waals surface area contributed by atoms with Crippen LogP contribution in [-0.4, -0.2) is 18.1 Å². The standard InChI is InChI=1S/C8H7Cl2NO2/c1-11-8(13)5-2-4(9)3-6(10)7(5)12/h2-3,12H,1H3,(H,11,13). The van der Waals surface area contributed by atoms with Gasteiger partial charge in [-0.3, -0.25) is 4.79 Å². The maximum atomic E-state index is 11.2. The third-order valence-electron chi connectivity index (χ3n) is 1.50. The predicted octanol–water partition coefficient (Wildman–Crippen LogP) is 2.06. The Kier molecular flexibility index (Phi) is 3.01. The highest BCUT2D eigenvalue weighted by Crippen LogP contribution is 2.30. The van der Waals surface area contributed by atoms with Crippen LogP contribution in [0.15, 0.2) is 12.1 Å². The van der Waals surface area contributed by atoms with Gasteiger partial charge in [-0.05, 0) is 12.1 Å². The number of aromatic hydroxyl groups is 1. The number of carbonyl (C=O) groups is 1. The molecule has 0 radical (unpaired) electrons. The number of nitrogens with one attached hydrogen (secondary N) is 1. The molecule has 2 N–H and O–H groups in total. The average Bonchev–Trinajstić information content (AvgIpc) is 2.10. The first-order valence-corrected chi connectivity index (χ1v) is 4.22. The van der Waals surface area contributed by atoms with E-state index in [9.17, 15) is 9.90 Å². The zero-order valence-corrected chi connectivity index (χ0v) is 8.28. The van der Waals surface area contributed by atoms with Crippen LogP contribution in [0.5, 0.6) is 5.75 Å². The molecule has 0 spiro atoms. The first kappa shape index (κ1) is 10.2. The van der Waals surface area contributed by atoms with Crippen molar-refractivity contribution < 1.29 is 9.90 Å². The number of phenols is 1. The normalized spacial score (nSPS) is 9.77. The molecule has 0 unspecified atom stereocenters. The summed E-state index contributed by atoms with van der Waals surface area (Å²) in [6, 6.07) is 2.71. The summed E-state index contributed by atoms with van der Waals surface area (Å²) in [5, 5.41) is 12.1. The number of carbonyl (C=O) groups excluding carboxylic acids is 1. The number of amides is 1. The topological polar surface area (TPSA) is 49.3 Å². The quantitative estimate of drug-likeness (QED) is 0.760. The maximum Gasteiger partial charge on any atom is 0.254 e. The van der Waals surface area contributed by atoms with Crippen molar-refractivity contribution in [3.63, 3.8) is 0 Å². The Morgan fingerprint density at radius 3 is 2.62 bits per heavy atom. The summed E-state index contributed by atoms with van der Waals surface area (Å²) in [6.45, 7) is 0. The molecule has 0 heterocycles. The van der Waals surface area contributed by atoms with Crippen LogP contribution in [0.2, 0.25) is 10.0 Å². The van der Waals surface area contributed by atoms with Crippen LogP contribution in [0.1, 0.15) is 10.4 Å². The van der Waals surface area contributed by atoms with Crippen molar-refractivity contribution in [3.8, 4) is 5.75 Å². The second-order valence-corrected chi connectivity index (χ2v) is 3.21. The van der Waals surface area contributed by atoms with E-state index in [0.717, 1.165) is 0 Å². The number of rotatable bonds is 1. The fraction of sp³-hybridized carbons (Fsp3) is 0.125. The highest BCUT2D eigenvalue weighted by Gasteiger charge is 2.13. The lowest BCUT2D eigenvalue weighted by molar-refractivity contribution is 0.0960. The van der Waals surface area contributed by atoms with Gasteiger partial charge >= 0.3 is 0 Å². The highest BCUT2D eigenvalue weighted by atomic mass is 35.5. The third kappa shape index (κ3) is 2.05. The molecule has 0 aliphatic heterocycles. The smallest absolute Gasteiger partial charge is 0.254 e. The largest absolute Gasteiger partial charge is 0.506 e. The summed E-state index contributed by atoms with van der Waals surface area (Å²) in [4.78, 5) is 11.2. The summed E-state index contributed by atoms with van der Waals surface area (Å²) >= 11 is 11.3. The molecular formula is C8H7Cl2NO2. The Balaban J connectivity index is 3.28.